The predicted octanol–water partition coefficient (Wildman–Crippen LogP) is 1.41. The molecule has 0 aliphatic rings. The standard InChI is InChI=1S/C6H12O2Se/c1-2-3-4-9-5-6(7)8/h2-5H2,1H3,(H,7,8). The van der Waals surface area contributed by atoms with Crippen LogP contribution in [0.1, 0.15) is 19.8 Å². The summed E-state index contributed by atoms with van der Waals surface area (Å²) >= 11 is 0.349. The van der Waals surface area contributed by atoms with E-state index in [2.05, 4.69) is 6.92 Å². The van der Waals surface area contributed by atoms with Crippen molar-refractivity contribution in [3.05, 3.63) is 0 Å². The van der Waals surface area contributed by atoms with E-state index in [9.17, 15) is 4.79 Å². The molecule has 0 amide bonds. The van der Waals surface area contributed by atoms with Gasteiger partial charge in [0.05, 0.1) is 0 Å². The van der Waals surface area contributed by atoms with Crippen LogP contribution in [-0.2, 0) is 4.79 Å². The third-order valence-electron chi connectivity index (χ3n) is 0.868. The molecule has 0 aliphatic heterocycles. The van der Waals surface area contributed by atoms with Gasteiger partial charge in [-0.25, -0.2) is 0 Å². The Balaban J connectivity index is 2.83. The first-order valence-electron chi connectivity index (χ1n) is 3.07. The first kappa shape index (κ1) is 8.99. The molecule has 0 bridgehead atoms. The molecule has 0 fully saturated rings. The van der Waals surface area contributed by atoms with E-state index in [4.69, 9.17) is 5.11 Å². The predicted molar refractivity (Wildman–Crippen MR) is 37.9 cm³/mol. The molecule has 0 radical (unpaired) electrons. The summed E-state index contributed by atoms with van der Waals surface area (Å²) in [6.07, 6.45) is 2.37. The molecule has 3 heteroatoms. The molecule has 0 unspecified atom stereocenters. The van der Waals surface area contributed by atoms with E-state index in [1.165, 1.54) is 12.8 Å². The van der Waals surface area contributed by atoms with Crippen LogP contribution < -0.4 is 0 Å². The monoisotopic (exact) mass is 196 g/mol. The van der Waals surface area contributed by atoms with E-state index in [0.717, 1.165) is 5.32 Å². The number of carboxylic acids is 1. The number of rotatable bonds is 5. The van der Waals surface area contributed by atoms with Crippen LogP contribution in [0.2, 0.25) is 10.6 Å². The molecule has 2 nitrogen and oxygen atoms in total. The molecular formula is C6H12O2Se. The van der Waals surface area contributed by atoms with Crippen molar-refractivity contribution in [1.82, 2.24) is 0 Å². The van der Waals surface area contributed by atoms with Crippen LogP contribution >= 0.6 is 0 Å². The minimum absolute atomic E-state index is 0.349. The first-order chi connectivity index (χ1) is 4.27. The Morgan fingerprint density at radius 1 is 1.67 bits per heavy atom. The van der Waals surface area contributed by atoms with Gasteiger partial charge in [-0.1, -0.05) is 0 Å². The summed E-state index contributed by atoms with van der Waals surface area (Å²) in [5.74, 6) is -0.647. The zero-order valence-electron chi connectivity index (χ0n) is 5.59. The average Bonchev–Trinajstić information content (AvgIpc) is 1.80. The third-order valence-corrected chi connectivity index (χ3v) is 3.03. The van der Waals surface area contributed by atoms with Gasteiger partial charge in [0.15, 0.2) is 0 Å². The molecule has 0 saturated heterocycles. The van der Waals surface area contributed by atoms with Crippen molar-refractivity contribution in [1.29, 1.82) is 0 Å². The fourth-order valence-corrected chi connectivity index (χ4v) is 2.11. The van der Waals surface area contributed by atoms with E-state index in [0.29, 0.717) is 20.3 Å². The van der Waals surface area contributed by atoms with Gasteiger partial charge >= 0.3 is 61.2 Å². The fourth-order valence-electron chi connectivity index (χ4n) is 0.406. The molecule has 0 aromatic heterocycles. The van der Waals surface area contributed by atoms with Gasteiger partial charge in [0.2, 0.25) is 0 Å². The third kappa shape index (κ3) is 7.99. The summed E-state index contributed by atoms with van der Waals surface area (Å²) < 4.78 is 0. The average molecular weight is 195 g/mol. The molecule has 0 heterocycles. The SMILES string of the molecule is CCCC[Se]CC(=O)O. The number of carboxylic acid groups (broad SMARTS) is 1. The van der Waals surface area contributed by atoms with Crippen LogP contribution in [-0.4, -0.2) is 26.0 Å². The van der Waals surface area contributed by atoms with Crippen molar-refractivity contribution in [2.45, 2.75) is 30.4 Å². The van der Waals surface area contributed by atoms with E-state index >= 15 is 0 Å². The van der Waals surface area contributed by atoms with Crippen molar-refractivity contribution < 1.29 is 9.90 Å². The number of aliphatic carboxylic acids is 1. The number of unbranched alkanes of at least 4 members (excludes halogenated alkanes) is 1. The zero-order chi connectivity index (χ0) is 7.11. The van der Waals surface area contributed by atoms with Gasteiger partial charge in [-0.2, -0.15) is 0 Å². The van der Waals surface area contributed by atoms with Crippen LogP contribution in [0.3, 0.4) is 0 Å². The maximum absolute atomic E-state index is 9.98. The second-order valence-corrected chi connectivity index (χ2v) is 4.12. The first-order valence-corrected chi connectivity index (χ1v) is 5.49. The molecular weight excluding hydrogens is 183 g/mol. The van der Waals surface area contributed by atoms with Crippen molar-refractivity contribution in [3.8, 4) is 0 Å². The van der Waals surface area contributed by atoms with E-state index in [1.54, 1.807) is 0 Å². The quantitative estimate of drug-likeness (QED) is 0.532. The molecule has 0 atom stereocenters. The molecule has 9 heavy (non-hydrogen) atoms. The maximum atomic E-state index is 9.98. The Morgan fingerprint density at radius 3 is 2.78 bits per heavy atom. The summed E-state index contributed by atoms with van der Waals surface area (Å²) in [6, 6.07) is 0. The zero-order valence-corrected chi connectivity index (χ0v) is 7.31. The molecule has 0 saturated carbocycles. The van der Waals surface area contributed by atoms with Crippen molar-refractivity contribution >= 4 is 20.9 Å². The molecule has 0 aromatic carbocycles. The summed E-state index contributed by atoms with van der Waals surface area (Å²) in [6.45, 7) is 2.12. The fraction of sp³-hybridized carbons (Fsp3) is 0.833. The van der Waals surface area contributed by atoms with Crippen LogP contribution in [0.4, 0.5) is 0 Å². The Morgan fingerprint density at radius 2 is 2.33 bits per heavy atom. The van der Waals surface area contributed by atoms with E-state index in [1.807, 2.05) is 0 Å². The number of hydrogen-bond acceptors (Lipinski definition) is 1. The van der Waals surface area contributed by atoms with Crippen molar-refractivity contribution in [2.24, 2.45) is 0 Å². The second kappa shape index (κ2) is 6.11. The normalized spacial score (nSPS) is 9.44. The van der Waals surface area contributed by atoms with Crippen LogP contribution in [0.25, 0.3) is 0 Å². The summed E-state index contributed by atoms with van der Waals surface area (Å²) in [5.41, 5.74) is 0. The Kier molecular flexibility index (Phi) is 6.11. The van der Waals surface area contributed by atoms with Crippen molar-refractivity contribution in [3.63, 3.8) is 0 Å². The Labute approximate surface area is 61.8 Å². The van der Waals surface area contributed by atoms with Gasteiger partial charge in [0.1, 0.15) is 0 Å². The molecule has 0 aromatic rings. The summed E-state index contributed by atoms with van der Waals surface area (Å²) in [5, 5.41) is 9.75. The van der Waals surface area contributed by atoms with Gasteiger partial charge in [-0.3, -0.25) is 0 Å². The molecule has 0 aliphatic carbocycles. The number of hydrogen-bond donors (Lipinski definition) is 1. The van der Waals surface area contributed by atoms with E-state index < -0.39 is 5.97 Å². The van der Waals surface area contributed by atoms with Gasteiger partial charge in [0.25, 0.3) is 0 Å². The minimum atomic E-state index is -0.647. The van der Waals surface area contributed by atoms with Crippen LogP contribution in [0.5, 0.6) is 0 Å². The van der Waals surface area contributed by atoms with Crippen molar-refractivity contribution in [2.75, 3.05) is 0 Å². The van der Waals surface area contributed by atoms with Gasteiger partial charge in [-0.05, 0) is 0 Å². The topological polar surface area (TPSA) is 37.3 Å². The van der Waals surface area contributed by atoms with Crippen LogP contribution in [0.15, 0.2) is 0 Å². The van der Waals surface area contributed by atoms with E-state index in [-0.39, 0.29) is 0 Å². The number of carbonyl (C=O) groups is 1. The molecule has 0 rings (SSSR count). The molecule has 0 spiro atoms. The van der Waals surface area contributed by atoms with Gasteiger partial charge in [0, 0.05) is 0 Å². The Hall–Kier alpha value is -0.0105. The van der Waals surface area contributed by atoms with Gasteiger partial charge in [-0.15, -0.1) is 0 Å². The summed E-state index contributed by atoms with van der Waals surface area (Å²) in [7, 11) is 0. The summed E-state index contributed by atoms with van der Waals surface area (Å²) in [4.78, 5) is 9.98. The molecule has 1 N–H and O–H groups in total. The molecule has 54 valence electrons. The van der Waals surface area contributed by atoms with Gasteiger partial charge < -0.3 is 0 Å². The second-order valence-electron chi connectivity index (χ2n) is 1.80. The van der Waals surface area contributed by atoms with Crippen LogP contribution in [0, 0.1) is 0 Å². The Bertz CT molecular complexity index is 83.1.